The number of thioether (sulfide) groups is 1. The van der Waals surface area contributed by atoms with Crippen LogP contribution in [-0.2, 0) is 0 Å². The number of unbranched alkanes of at least 4 members (excludes halogenated alkanes) is 2. The van der Waals surface area contributed by atoms with Crippen molar-refractivity contribution in [1.29, 1.82) is 0 Å². The molecule has 0 N–H and O–H groups in total. The maximum atomic E-state index is 2.48. The third kappa shape index (κ3) is 4.53. The first kappa shape index (κ1) is 13.7. The fraction of sp³-hybridized carbons (Fsp3) is 0.529. The van der Waals surface area contributed by atoms with E-state index in [1.54, 1.807) is 4.91 Å². The van der Waals surface area contributed by atoms with E-state index in [0.717, 1.165) is 5.92 Å². The molecule has 1 aliphatic carbocycles. The lowest BCUT2D eigenvalue weighted by atomic mass is 9.89. The summed E-state index contributed by atoms with van der Waals surface area (Å²) in [6.45, 7) is 2.29. The largest absolute Gasteiger partial charge is 0.0949 e. The summed E-state index contributed by atoms with van der Waals surface area (Å²) in [5.74, 6) is 0.955. The Balaban J connectivity index is 1.76. The quantitative estimate of drug-likeness (QED) is 0.562. The molecule has 0 nitrogen and oxygen atoms in total. The van der Waals surface area contributed by atoms with Crippen LogP contribution in [0.25, 0.3) is 0 Å². The van der Waals surface area contributed by atoms with Gasteiger partial charge in [-0.15, -0.1) is 0 Å². The van der Waals surface area contributed by atoms with Crippen molar-refractivity contribution in [1.82, 2.24) is 0 Å². The van der Waals surface area contributed by atoms with Crippen LogP contribution in [0, 0.1) is 5.92 Å². The lowest BCUT2D eigenvalue weighted by Crippen LogP contribution is -2.04. The first-order chi connectivity index (χ1) is 8.88. The Hall–Kier alpha value is -0.690. The maximum Gasteiger partial charge on any atom is 0.0118 e. The first-order valence-electron chi connectivity index (χ1n) is 7.30. The van der Waals surface area contributed by atoms with Gasteiger partial charge < -0.3 is 0 Å². The van der Waals surface area contributed by atoms with Crippen LogP contribution in [-0.4, -0.2) is 0 Å². The fourth-order valence-electron chi connectivity index (χ4n) is 2.54. The summed E-state index contributed by atoms with van der Waals surface area (Å²) in [6.07, 6.45) is 12.1. The molecule has 0 saturated heterocycles. The molecule has 1 aromatic rings. The second-order valence-corrected chi connectivity index (χ2v) is 6.42. The van der Waals surface area contributed by atoms with Gasteiger partial charge in [0, 0.05) is 4.90 Å². The lowest BCUT2D eigenvalue weighted by molar-refractivity contribution is 0.422. The van der Waals surface area contributed by atoms with Crippen molar-refractivity contribution < 1.29 is 0 Å². The van der Waals surface area contributed by atoms with E-state index < -0.39 is 0 Å². The molecule has 1 aromatic carbocycles. The molecule has 0 aromatic heterocycles. The van der Waals surface area contributed by atoms with Crippen molar-refractivity contribution >= 4 is 11.8 Å². The average molecular weight is 260 g/mol. The molecule has 1 atom stereocenters. The summed E-state index contributed by atoms with van der Waals surface area (Å²) in [4.78, 5) is 2.96. The molecule has 1 unspecified atom stereocenters. The lowest BCUT2D eigenvalue weighted by Gasteiger charge is -2.21. The molecule has 1 aliphatic rings. The average Bonchev–Trinajstić information content (AvgIpc) is 2.42. The van der Waals surface area contributed by atoms with E-state index in [0.29, 0.717) is 0 Å². The molecule has 0 bridgehead atoms. The molecule has 18 heavy (non-hydrogen) atoms. The third-order valence-corrected chi connectivity index (χ3v) is 4.83. The summed E-state index contributed by atoms with van der Waals surface area (Å²) in [7, 11) is 0. The zero-order chi connectivity index (χ0) is 12.6. The predicted octanol–water partition coefficient (Wildman–Crippen LogP) is 6.04. The Kier molecular flexibility index (Phi) is 5.86. The Morgan fingerprint density at radius 1 is 1.17 bits per heavy atom. The van der Waals surface area contributed by atoms with E-state index in [2.05, 4.69) is 43.3 Å². The van der Waals surface area contributed by atoms with Crippen LogP contribution in [0.3, 0.4) is 0 Å². The Morgan fingerprint density at radius 2 is 2.00 bits per heavy atom. The molecule has 0 saturated carbocycles. The van der Waals surface area contributed by atoms with E-state index in [9.17, 15) is 0 Å². The van der Waals surface area contributed by atoms with Crippen LogP contribution in [0.15, 0.2) is 46.2 Å². The van der Waals surface area contributed by atoms with Crippen LogP contribution in [0.2, 0.25) is 0 Å². The molecule has 0 spiro atoms. The molecule has 0 amide bonds. The third-order valence-electron chi connectivity index (χ3n) is 3.69. The number of allylic oxidation sites excluding steroid dienone is 2. The summed E-state index contributed by atoms with van der Waals surface area (Å²) in [6, 6.07) is 10.7. The summed E-state index contributed by atoms with van der Waals surface area (Å²) >= 11 is 1.96. The predicted molar refractivity (Wildman–Crippen MR) is 81.9 cm³/mol. The van der Waals surface area contributed by atoms with Gasteiger partial charge in [0.2, 0.25) is 0 Å². The van der Waals surface area contributed by atoms with Crippen LogP contribution in [0.4, 0.5) is 0 Å². The van der Waals surface area contributed by atoms with E-state index in [4.69, 9.17) is 0 Å². The Labute approximate surface area is 116 Å². The van der Waals surface area contributed by atoms with Gasteiger partial charge in [0.15, 0.2) is 0 Å². The van der Waals surface area contributed by atoms with Gasteiger partial charge in [0.25, 0.3) is 0 Å². The van der Waals surface area contributed by atoms with Crippen molar-refractivity contribution in [2.45, 2.75) is 56.8 Å². The van der Waals surface area contributed by atoms with Gasteiger partial charge in [-0.3, -0.25) is 0 Å². The molecule has 0 fully saturated rings. The van der Waals surface area contributed by atoms with E-state index in [-0.39, 0.29) is 0 Å². The van der Waals surface area contributed by atoms with Crippen LogP contribution in [0.5, 0.6) is 0 Å². The number of hydrogen-bond acceptors (Lipinski definition) is 1. The van der Waals surface area contributed by atoms with Gasteiger partial charge in [-0.2, -0.15) is 0 Å². The fourth-order valence-corrected chi connectivity index (χ4v) is 3.54. The van der Waals surface area contributed by atoms with Gasteiger partial charge in [-0.05, 0) is 42.2 Å². The van der Waals surface area contributed by atoms with Gasteiger partial charge >= 0.3 is 0 Å². The number of rotatable bonds is 6. The molecule has 0 heterocycles. The smallest absolute Gasteiger partial charge is 0.0118 e. The monoisotopic (exact) mass is 260 g/mol. The van der Waals surface area contributed by atoms with Crippen molar-refractivity contribution in [3.63, 3.8) is 0 Å². The standard InChI is InChI=1S/C17H24S/c1-2-3-5-8-15-11-13-17(14-12-15)18-16-9-6-4-7-10-16/h4,6-7,9-10,13,15H,2-3,5,8,11-12,14H2,1H3. The van der Waals surface area contributed by atoms with Gasteiger partial charge in [0.05, 0.1) is 0 Å². The summed E-state index contributed by atoms with van der Waals surface area (Å²) < 4.78 is 0. The number of benzene rings is 1. The van der Waals surface area contributed by atoms with E-state index in [1.807, 2.05) is 11.8 Å². The SMILES string of the molecule is CCCCCC1CC=C(Sc2ccccc2)CC1. The van der Waals surface area contributed by atoms with Gasteiger partial charge in [-0.1, -0.05) is 68.6 Å². The molecule has 1 heteroatoms. The molecular formula is C17H24S. The highest BCUT2D eigenvalue weighted by molar-refractivity contribution is 8.03. The number of hydrogen-bond donors (Lipinski definition) is 0. The highest BCUT2D eigenvalue weighted by Gasteiger charge is 2.14. The minimum Gasteiger partial charge on any atom is -0.0949 e. The molecule has 0 radical (unpaired) electrons. The maximum absolute atomic E-state index is 2.48. The van der Waals surface area contributed by atoms with E-state index in [1.165, 1.54) is 49.8 Å². The van der Waals surface area contributed by atoms with Crippen molar-refractivity contribution in [3.8, 4) is 0 Å². The van der Waals surface area contributed by atoms with Crippen molar-refractivity contribution in [3.05, 3.63) is 41.3 Å². The topological polar surface area (TPSA) is 0 Å². The normalized spacial score (nSPS) is 19.6. The highest BCUT2D eigenvalue weighted by Crippen LogP contribution is 2.36. The molecule has 0 aliphatic heterocycles. The second-order valence-electron chi connectivity index (χ2n) is 5.22. The van der Waals surface area contributed by atoms with Gasteiger partial charge in [0.1, 0.15) is 0 Å². The van der Waals surface area contributed by atoms with Crippen molar-refractivity contribution in [2.24, 2.45) is 5.92 Å². The summed E-state index contributed by atoms with van der Waals surface area (Å²) in [5, 5.41) is 0. The van der Waals surface area contributed by atoms with E-state index >= 15 is 0 Å². The highest BCUT2D eigenvalue weighted by atomic mass is 32.2. The zero-order valence-corrected chi connectivity index (χ0v) is 12.2. The van der Waals surface area contributed by atoms with Crippen LogP contribution < -0.4 is 0 Å². The van der Waals surface area contributed by atoms with Crippen LogP contribution in [0.1, 0.15) is 51.9 Å². The Bertz CT molecular complexity index is 366. The first-order valence-corrected chi connectivity index (χ1v) is 8.12. The minimum atomic E-state index is 0.955. The molecule has 98 valence electrons. The van der Waals surface area contributed by atoms with Crippen molar-refractivity contribution in [2.75, 3.05) is 0 Å². The second kappa shape index (κ2) is 7.68. The molecule has 2 rings (SSSR count). The Morgan fingerprint density at radius 3 is 2.67 bits per heavy atom. The van der Waals surface area contributed by atoms with Crippen LogP contribution >= 0.6 is 11.8 Å². The minimum absolute atomic E-state index is 0.955. The summed E-state index contributed by atoms with van der Waals surface area (Å²) in [5.41, 5.74) is 0. The zero-order valence-electron chi connectivity index (χ0n) is 11.4. The van der Waals surface area contributed by atoms with Gasteiger partial charge in [-0.25, -0.2) is 0 Å². The molecular weight excluding hydrogens is 236 g/mol.